The summed E-state index contributed by atoms with van der Waals surface area (Å²) in [5.74, 6) is -0.481. The molecule has 1 heterocycles. The molecule has 0 spiro atoms. The van der Waals surface area contributed by atoms with Gasteiger partial charge in [-0.1, -0.05) is 24.3 Å². The van der Waals surface area contributed by atoms with Crippen LogP contribution >= 0.6 is 0 Å². The minimum absolute atomic E-state index is 0.167. The predicted octanol–water partition coefficient (Wildman–Crippen LogP) is 2.33. The molecule has 8 heteroatoms. The Balaban J connectivity index is 1.82. The maximum absolute atomic E-state index is 12.6. The highest BCUT2D eigenvalue weighted by atomic mass is 32.2. The van der Waals surface area contributed by atoms with E-state index in [1.54, 1.807) is 39.2 Å². The van der Waals surface area contributed by atoms with E-state index in [1.165, 1.54) is 12.1 Å². The fourth-order valence-electron chi connectivity index (χ4n) is 3.16. The first kappa shape index (κ1) is 19.9. The van der Waals surface area contributed by atoms with Crippen LogP contribution in [0.3, 0.4) is 0 Å². The van der Waals surface area contributed by atoms with E-state index in [2.05, 4.69) is 5.32 Å². The second-order valence-corrected chi connectivity index (χ2v) is 9.07. The Morgan fingerprint density at radius 2 is 1.89 bits per heavy atom. The molecular weight excluding hydrogens is 380 g/mol. The summed E-state index contributed by atoms with van der Waals surface area (Å²) in [7, 11) is -2.21. The molecule has 0 aliphatic carbocycles. The number of nitrogens with one attached hydrogen (secondary N) is 1. The van der Waals surface area contributed by atoms with Gasteiger partial charge in [0.05, 0.1) is 24.0 Å². The highest BCUT2D eigenvalue weighted by molar-refractivity contribution is 7.94. The molecule has 1 N–H and O–H groups in total. The molecule has 3 rings (SSSR count). The fourth-order valence-corrected chi connectivity index (χ4v) is 5.26. The van der Waals surface area contributed by atoms with Crippen LogP contribution in [0.5, 0.6) is 5.75 Å². The molecular formula is C20H22N2O5S. The zero-order valence-corrected chi connectivity index (χ0v) is 16.7. The number of nitrogens with zero attached hydrogens (tertiary/aromatic N) is 1. The van der Waals surface area contributed by atoms with Crippen LogP contribution in [0, 0.1) is 5.41 Å². The fraction of sp³-hybridized carbons (Fsp3) is 0.300. The lowest BCUT2D eigenvalue weighted by molar-refractivity contribution is -0.123. The van der Waals surface area contributed by atoms with Crippen molar-refractivity contribution in [3.63, 3.8) is 0 Å². The quantitative estimate of drug-likeness (QED) is 0.829. The number of anilines is 1. The Labute approximate surface area is 164 Å². The van der Waals surface area contributed by atoms with Gasteiger partial charge in [-0.3, -0.25) is 9.59 Å². The zero-order valence-electron chi connectivity index (χ0n) is 15.9. The van der Waals surface area contributed by atoms with Crippen LogP contribution in [0.1, 0.15) is 29.8 Å². The van der Waals surface area contributed by atoms with E-state index in [0.29, 0.717) is 5.75 Å². The summed E-state index contributed by atoms with van der Waals surface area (Å²) in [6, 6.07) is 13.4. The number of benzene rings is 2. The van der Waals surface area contributed by atoms with Gasteiger partial charge < -0.3 is 10.1 Å². The van der Waals surface area contributed by atoms with Crippen LogP contribution < -0.4 is 14.4 Å². The molecule has 2 aromatic rings. The Hall–Kier alpha value is -2.87. The third-order valence-corrected chi connectivity index (χ3v) is 6.58. The number of carbonyl (C=O) groups is 2. The number of hydrogen-bond acceptors (Lipinski definition) is 5. The molecule has 0 aromatic heterocycles. The molecule has 28 heavy (non-hydrogen) atoms. The Bertz CT molecular complexity index is 1030. The molecule has 0 radical (unpaired) electrons. The first-order valence-corrected chi connectivity index (χ1v) is 10.3. The second-order valence-electron chi connectivity index (χ2n) is 7.25. The van der Waals surface area contributed by atoms with Gasteiger partial charge in [0, 0.05) is 17.7 Å². The number of para-hydroxylation sites is 1. The minimum Gasteiger partial charge on any atom is -0.496 e. The lowest BCUT2D eigenvalue weighted by atomic mass is 9.95. The second kappa shape index (κ2) is 7.27. The number of carbonyl (C=O) groups excluding carboxylic acids is 2. The summed E-state index contributed by atoms with van der Waals surface area (Å²) in [6.45, 7) is 3.44. The average Bonchev–Trinajstić information content (AvgIpc) is 2.82. The molecule has 0 bridgehead atoms. The van der Waals surface area contributed by atoms with Gasteiger partial charge in [0.15, 0.2) is 0 Å². The normalized spacial score (nSPS) is 17.4. The number of amides is 2. The van der Waals surface area contributed by atoms with Gasteiger partial charge in [-0.05, 0) is 38.1 Å². The molecule has 1 aliphatic rings. The van der Waals surface area contributed by atoms with Gasteiger partial charge in [-0.15, -0.1) is 0 Å². The lowest BCUT2D eigenvalue weighted by Gasteiger charge is -2.18. The van der Waals surface area contributed by atoms with Gasteiger partial charge in [-0.2, -0.15) is 0 Å². The largest absolute Gasteiger partial charge is 0.496 e. The van der Waals surface area contributed by atoms with E-state index in [1.807, 2.05) is 18.2 Å². The van der Waals surface area contributed by atoms with Crippen molar-refractivity contribution in [2.75, 3.05) is 17.2 Å². The molecule has 7 nitrogen and oxygen atoms in total. The molecule has 148 valence electrons. The van der Waals surface area contributed by atoms with E-state index in [-0.39, 0.29) is 29.5 Å². The predicted molar refractivity (Wildman–Crippen MR) is 106 cm³/mol. The smallest absolute Gasteiger partial charge is 0.251 e. The number of ether oxygens (including phenoxy) is 1. The Morgan fingerprint density at radius 3 is 2.54 bits per heavy atom. The van der Waals surface area contributed by atoms with Crippen molar-refractivity contribution >= 4 is 27.5 Å². The van der Waals surface area contributed by atoms with Gasteiger partial charge >= 0.3 is 0 Å². The topological polar surface area (TPSA) is 92.8 Å². The van der Waals surface area contributed by atoms with Crippen molar-refractivity contribution in [3.8, 4) is 5.75 Å². The van der Waals surface area contributed by atoms with E-state index >= 15 is 0 Å². The van der Waals surface area contributed by atoms with Crippen LogP contribution in [-0.4, -0.2) is 33.1 Å². The van der Waals surface area contributed by atoms with Crippen LogP contribution in [0.2, 0.25) is 0 Å². The van der Waals surface area contributed by atoms with Crippen LogP contribution in [0.25, 0.3) is 0 Å². The summed E-state index contributed by atoms with van der Waals surface area (Å²) in [6.07, 6.45) is 0. The molecule has 1 aliphatic heterocycles. The molecule has 2 aromatic carbocycles. The van der Waals surface area contributed by atoms with Crippen molar-refractivity contribution in [1.82, 2.24) is 5.32 Å². The van der Waals surface area contributed by atoms with Crippen molar-refractivity contribution in [1.29, 1.82) is 0 Å². The highest BCUT2D eigenvalue weighted by Gasteiger charge is 2.49. The maximum atomic E-state index is 12.6. The van der Waals surface area contributed by atoms with Crippen LogP contribution in [0.15, 0.2) is 48.5 Å². The standard InChI is InChI=1S/C20H22N2O5S/c1-20(2)13-28(25,26)22(19(20)24)16-9-6-8-14(11-16)18(23)21-12-15-7-4-5-10-17(15)27-3/h4-11H,12-13H2,1-3H3,(H,21,23). The third-order valence-electron chi connectivity index (χ3n) is 4.56. The summed E-state index contributed by atoms with van der Waals surface area (Å²) < 4.78 is 30.9. The first-order chi connectivity index (χ1) is 13.2. The van der Waals surface area contributed by atoms with Gasteiger partial charge in [0.2, 0.25) is 15.9 Å². The molecule has 2 amide bonds. The number of hydrogen-bond donors (Lipinski definition) is 1. The van der Waals surface area contributed by atoms with Crippen molar-refractivity contribution in [2.24, 2.45) is 5.41 Å². The molecule has 0 saturated carbocycles. The number of methoxy groups -OCH3 is 1. The Morgan fingerprint density at radius 1 is 1.18 bits per heavy atom. The van der Waals surface area contributed by atoms with Gasteiger partial charge in [-0.25, -0.2) is 12.7 Å². The maximum Gasteiger partial charge on any atom is 0.251 e. The molecule has 0 unspecified atom stereocenters. The van der Waals surface area contributed by atoms with Gasteiger partial charge in [0.1, 0.15) is 5.75 Å². The van der Waals surface area contributed by atoms with Crippen molar-refractivity contribution in [2.45, 2.75) is 20.4 Å². The monoisotopic (exact) mass is 402 g/mol. The third kappa shape index (κ3) is 3.73. The Kier molecular flexibility index (Phi) is 5.16. The summed E-state index contributed by atoms with van der Waals surface area (Å²) in [4.78, 5) is 25.1. The van der Waals surface area contributed by atoms with Crippen LogP contribution in [0.4, 0.5) is 5.69 Å². The van der Waals surface area contributed by atoms with E-state index in [9.17, 15) is 18.0 Å². The molecule has 1 fully saturated rings. The highest BCUT2D eigenvalue weighted by Crippen LogP contribution is 2.35. The number of sulfonamides is 1. The SMILES string of the molecule is COc1ccccc1CNC(=O)c1cccc(N2C(=O)C(C)(C)CS2(=O)=O)c1. The van der Waals surface area contributed by atoms with E-state index in [4.69, 9.17) is 4.74 Å². The summed E-state index contributed by atoms with van der Waals surface area (Å²) in [5.41, 5.74) is 0.246. The van der Waals surface area contributed by atoms with Crippen molar-refractivity contribution < 1.29 is 22.7 Å². The van der Waals surface area contributed by atoms with E-state index < -0.39 is 21.3 Å². The zero-order chi connectivity index (χ0) is 20.5. The van der Waals surface area contributed by atoms with E-state index in [0.717, 1.165) is 9.87 Å². The molecule has 0 atom stereocenters. The molecule has 1 saturated heterocycles. The first-order valence-electron chi connectivity index (χ1n) is 8.73. The van der Waals surface area contributed by atoms with Crippen molar-refractivity contribution in [3.05, 3.63) is 59.7 Å². The average molecular weight is 402 g/mol. The van der Waals surface area contributed by atoms with Gasteiger partial charge in [0.25, 0.3) is 5.91 Å². The number of rotatable bonds is 5. The lowest BCUT2D eigenvalue weighted by Crippen LogP contribution is -2.33. The summed E-state index contributed by atoms with van der Waals surface area (Å²) >= 11 is 0. The minimum atomic E-state index is -3.77. The van der Waals surface area contributed by atoms with Crippen LogP contribution in [-0.2, 0) is 21.4 Å². The summed E-state index contributed by atoms with van der Waals surface area (Å²) in [5, 5.41) is 2.78.